The molecule has 162 valence electrons. The van der Waals surface area contributed by atoms with Crippen LogP contribution in [0.1, 0.15) is 30.1 Å². The predicted octanol–water partition coefficient (Wildman–Crippen LogP) is 1.46. The second-order valence-corrected chi connectivity index (χ2v) is 6.73. The maximum atomic E-state index is 11.4. The number of methoxy groups -OCH3 is 1. The highest BCUT2D eigenvalue weighted by atomic mass is 16.5. The Morgan fingerprint density at radius 3 is 2.14 bits per heavy atom. The fraction of sp³-hybridized carbons (Fsp3) is 0.550. The van der Waals surface area contributed by atoms with Gasteiger partial charge in [-0.2, -0.15) is 0 Å². The average Bonchev–Trinajstić information content (AvgIpc) is 2.69. The van der Waals surface area contributed by atoms with Crippen molar-refractivity contribution in [1.29, 1.82) is 0 Å². The van der Waals surface area contributed by atoms with Gasteiger partial charge in [-0.15, -0.1) is 0 Å². The van der Waals surface area contributed by atoms with Crippen LogP contribution in [-0.2, 0) is 9.59 Å². The van der Waals surface area contributed by atoms with Crippen molar-refractivity contribution >= 4 is 17.7 Å². The van der Waals surface area contributed by atoms with Gasteiger partial charge in [-0.3, -0.25) is 4.79 Å². The first-order valence-corrected chi connectivity index (χ1v) is 9.43. The van der Waals surface area contributed by atoms with Crippen molar-refractivity contribution in [2.45, 2.75) is 19.8 Å². The Bertz CT molecular complexity index is 673. The number of hydrogen-bond donors (Lipinski definition) is 2. The number of carboxylic acid groups (broad SMARTS) is 2. The fourth-order valence-electron chi connectivity index (χ4n) is 2.70. The van der Waals surface area contributed by atoms with Gasteiger partial charge in [-0.1, -0.05) is 0 Å². The van der Waals surface area contributed by atoms with Crippen molar-refractivity contribution in [3.63, 3.8) is 0 Å². The summed E-state index contributed by atoms with van der Waals surface area (Å²) in [4.78, 5) is 34.5. The number of ether oxygens (including phenoxy) is 2. The van der Waals surface area contributed by atoms with Gasteiger partial charge in [-0.25, -0.2) is 9.59 Å². The van der Waals surface area contributed by atoms with Gasteiger partial charge < -0.3 is 29.5 Å². The van der Waals surface area contributed by atoms with Crippen molar-refractivity contribution < 1.29 is 34.1 Å². The third-order valence-electron chi connectivity index (χ3n) is 4.48. The highest BCUT2D eigenvalue weighted by Crippen LogP contribution is 2.28. The standard InChI is InChI=1S/C18H28N2O3.C2H2O4/c1-15(21)16-6-7-17(18(14-16)22-3)23-13-5-4-8-20-11-9-19(2)10-12-20;3-1(4)2(5)6/h6-7,14H,4-5,8-13H2,1-3H3;(H,3,4)(H,5,6). The number of hydrogen-bond acceptors (Lipinski definition) is 7. The van der Waals surface area contributed by atoms with Gasteiger partial charge in [-0.05, 0) is 51.6 Å². The smallest absolute Gasteiger partial charge is 0.414 e. The molecule has 0 spiro atoms. The number of likely N-dealkylation sites (N-methyl/N-ethyl adjacent to an activating group) is 1. The molecule has 9 heteroatoms. The van der Waals surface area contributed by atoms with E-state index >= 15 is 0 Å². The molecule has 1 heterocycles. The van der Waals surface area contributed by atoms with Gasteiger partial charge in [0.15, 0.2) is 17.3 Å². The van der Waals surface area contributed by atoms with E-state index in [1.165, 1.54) is 0 Å². The number of unbranched alkanes of at least 4 members (excludes halogenated alkanes) is 1. The highest BCUT2D eigenvalue weighted by Gasteiger charge is 2.13. The van der Waals surface area contributed by atoms with E-state index in [9.17, 15) is 4.79 Å². The molecule has 9 nitrogen and oxygen atoms in total. The molecule has 1 saturated heterocycles. The Morgan fingerprint density at radius 1 is 1.00 bits per heavy atom. The summed E-state index contributed by atoms with van der Waals surface area (Å²) in [6.45, 7) is 8.01. The van der Waals surface area contributed by atoms with E-state index in [4.69, 9.17) is 29.3 Å². The van der Waals surface area contributed by atoms with Crippen molar-refractivity contribution in [2.75, 3.05) is 53.5 Å². The van der Waals surface area contributed by atoms with E-state index in [-0.39, 0.29) is 5.78 Å². The molecule has 0 bridgehead atoms. The summed E-state index contributed by atoms with van der Waals surface area (Å²) in [6, 6.07) is 5.34. The third-order valence-corrected chi connectivity index (χ3v) is 4.48. The van der Waals surface area contributed by atoms with E-state index in [0.717, 1.165) is 45.6 Å². The molecule has 1 aromatic carbocycles. The van der Waals surface area contributed by atoms with Crippen molar-refractivity contribution in [1.82, 2.24) is 9.80 Å². The van der Waals surface area contributed by atoms with Gasteiger partial charge in [0.2, 0.25) is 0 Å². The predicted molar refractivity (Wildman–Crippen MR) is 107 cm³/mol. The first-order valence-electron chi connectivity index (χ1n) is 9.43. The normalized spacial score (nSPS) is 14.4. The minimum Gasteiger partial charge on any atom is -0.493 e. The summed E-state index contributed by atoms with van der Waals surface area (Å²) < 4.78 is 11.1. The summed E-state index contributed by atoms with van der Waals surface area (Å²) in [5.41, 5.74) is 0.643. The molecule has 2 N–H and O–H groups in total. The van der Waals surface area contributed by atoms with Crippen molar-refractivity contribution in [2.24, 2.45) is 0 Å². The van der Waals surface area contributed by atoms with E-state index < -0.39 is 11.9 Å². The first-order chi connectivity index (χ1) is 13.7. The molecular weight excluding hydrogens is 380 g/mol. The largest absolute Gasteiger partial charge is 0.493 e. The molecule has 1 fully saturated rings. The lowest BCUT2D eigenvalue weighted by Crippen LogP contribution is -2.44. The Kier molecular flexibility index (Phi) is 10.7. The van der Waals surface area contributed by atoms with Crippen LogP contribution in [-0.4, -0.2) is 91.2 Å². The molecule has 1 aromatic rings. The lowest BCUT2D eigenvalue weighted by molar-refractivity contribution is -0.159. The fourth-order valence-corrected chi connectivity index (χ4v) is 2.70. The maximum Gasteiger partial charge on any atom is 0.414 e. The Labute approximate surface area is 170 Å². The van der Waals surface area contributed by atoms with Gasteiger partial charge >= 0.3 is 11.9 Å². The highest BCUT2D eigenvalue weighted by molar-refractivity contribution is 6.27. The summed E-state index contributed by atoms with van der Waals surface area (Å²) in [5, 5.41) is 14.8. The Balaban J connectivity index is 0.000000612. The molecule has 0 unspecified atom stereocenters. The number of ketones is 1. The van der Waals surface area contributed by atoms with Crippen LogP contribution in [0, 0.1) is 0 Å². The summed E-state index contributed by atoms with van der Waals surface area (Å²) in [7, 11) is 3.77. The first kappa shape index (κ1) is 24.4. The quantitative estimate of drug-likeness (QED) is 0.373. The van der Waals surface area contributed by atoms with Gasteiger partial charge in [0.25, 0.3) is 0 Å². The molecule has 2 rings (SSSR count). The van der Waals surface area contributed by atoms with E-state index in [1.54, 1.807) is 26.2 Å². The zero-order chi connectivity index (χ0) is 21.8. The van der Waals surface area contributed by atoms with Gasteiger partial charge in [0, 0.05) is 31.7 Å². The van der Waals surface area contributed by atoms with Gasteiger partial charge in [0.1, 0.15) is 0 Å². The second kappa shape index (κ2) is 12.7. The minimum atomic E-state index is -1.82. The van der Waals surface area contributed by atoms with Crippen LogP contribution in [0.4, 0.5) is 0 Å². The van der Waals surface area contributed by atoms with Crippen LogP contribution >= 0.6 is 0 Å². The number of carbonyl (C=O) groups excluding carboxylic acids is 1. The van der Waals surface area contributed by atoms with E-state index in [0.29, 0.717) is 23.7 Å². The summed E-state index contributed by atoms with van der Waals surface area (Å²) in [6.07, 6.45) is 2.15. The average molecular weight is 410 g/mol. The number of carbonyl (C=O) groups is 3. The molecule has 0 radical (unpaired) electrons. The van der Waals surface area contributed by atoms with Crippen molar-refractivity contribution in [3.8, 4) is 11.5 Å². The zero-order valence-electron chi connectivity index (χ0n) is 17.2. The number of piperazine rings is 1. The molecule has 0 aliphatic carbocycles. The van der Waals surface area contributed by atoms with Crippen LogP contribution < -0.4 is 9.47 Å². The van der Waals surface area contributed by atoms with Crippen LogP contribution in [0.5, 0.6) is 11.5 Å². The molecule has 1 aliphatic heterocycles. The van der Waals surface area contributed by atoms with E-state index in [2.05, 4.69) is 16.8 Å². The number of aliphatic carboxylic acids is 2. The summed E-state index contributed by atoms with van der Waals surface area (Å²) in [5.74, 6) is -2.29. The Morgan fingerprint density at radius 2 is 1.62 bits per heavy atom. The van der Waals surface area contributed by atoms with Crippen LogP contribution in [0.15, 0.2) is 18.2 Å². The van der Waals surface area contributed by atoms with Crippen LogP contribution in [0.3, 0.4) is 0 Å². The monoisotopic (exact) mass is 410 g/mol. The van der Waals surface area contributed by atoms with Crippen molar-refractivity contribution in [3.05, 3.63) is 23.8 Å². The lowest BCUT2D eigenvalue weighted by atomic mass is 10.1. The number of benzene rings is 1. The molecule has 29 heavy (non-hydrogen) atoms. The zero-order valence-corrected chi connectivity index (χ0v) is 17.2. The topological polar surface area (TPSA) is 117 Å². The van der Waals surface area contributed by atoms with Crippen LogP contribution in [0.2, 0.25) is 0 Å². The van der Waals surface area contributed by atoms with E-state index in [1.807, 2.05) is 6.07 Å². The molecular formula is C20H30N2O7. The lowest BCUT2D eigenvalue weighted by Gasteiger charge is -2.32. The number of rotatable bonds is 8. The SMILES string of the molecule is COc1cc(C(C)=O)ccc1OCCCCN1CCN(C)CC1.O=C(O)C(=O)O. The third kappa shape index (κ3) is 9.40. The van der Waals surface area contributed by atoms with Crippen LogP contribution in [0.25, 0.3) is 0 Å². The summed E-state index contributed by atoms with van der Waals surface area (Å²) >= 11 is 0. The number of Topliss-reactive ketones (excluding diaryl/α,β-unsaturated/α-hetero) is 1. The molecule has 0 aromatic heterocycles. The molecule has 0 saturated carbocycles. The number of carboxylic acids is 2. The second-order valence-electron chi connectivity index (χ2n) is 6.73. The molecule has 1 aliphatic rings. The van der Waals surface area contributed by atoms with Gasteiger partial charge in [0.05, 0.1) is 13.7 Å². The Hall–Kier alpha value is -2.65. The molecule has 0 amide bonds. The minimum absolute atomic E-state index is 0.0297. The molecule has 0 atom stereocenters. The number of nitrogens with zero attached hydrogens (tertiary/aromatic N) is 2. The maximum absolute atomic E-state index is 11.4.